The molecule has 4 rings (SSSR count). The van der Waals surface area contributed by atoms with E-state index in [0.29, 0.717) is 6.42 Å². The second kappa shape index (κ2) is 7.74. The van der Waals surface area contributed by atoms with Crippen LogP contribution in [0.3, 0.4) is 0 Å². The number of urea groups is 1. The molecular weight excluding hydrogens is 386 g/mol. The predicted molar refractivity (Wildman–Crippen MR) is 109 cm³/mol. The molecule has 1 N–H and O–H groups in total. The number of rotatable bonds is 4. The zero-order chi connectivity index (χ0) is 21.5. The van der Waals surface area contributed by atoms with Gasteiger partial charge in [-0.1, -0.05) is 38.0 Å². The SMILES string of the molecule is C[C@H]1Cc2ccccc2N1C(=O)COC(=O)CN1C(=O)N[C@]2(CCCC[C@@H]2C)C1=O. The van der Waals surface area contributed by atoms with Crippen molar-refractivity contribution in [2.45, 2.75) is 57.5 Å². The van der Waals surface area contributed by atoms with Crippen molar-refractivity contribution in [1.29, 1.82) is 0 Å². The van der Waals surface area contributed by atoms with E-state index >= 15 is 0 Å². The van der Waals surface area contributed by atoms with Crippen LogP contribution in [0.1, 0.15) is 45.1 Å². The van der Waals surface area contributed by atoms with Crippen LogP contribution in [-0.4, -0.2) is 53.4 Å². The van der Waals surface area contributed by atoms with E-state index in [0.717, 1.165) is 41.8 Å². The summed E-state index contributed by atoms with van der Waals surface area (Å²) in [6.07, 6.45) is 4.06. The van der Waals surface area contributed by atoms with E-state index in [2.05, 4.69) is 5.32 Å². The summed E-state index contributed by atoms with van der Waals surface area (Å²) in [6.45, 7) is 2.98. The maximum atomic E-state index is 12.9. The van der Waals surface area contributed by atoms with E-state index in [4.69, 9.17) is 4.74 Å². The van der Waals surface area contributed by atoms with E-state index in [1.165, 1.54) is 0 Å². The van der Waals surface area contributed by atoms with Gasteiger partial charge in [-0.2, -0.15) is 0 Å². The van der Waals surface area contributed by atoms with Crippen LogP contribution < -0.4 is 10.2 Å². The average molecular weight is 413 g/mol. The molecule has 3 atom stereocenters. The summed E-state index contributed by atoms with van der Waals surface area (Å²) in [6, 6.07) is 7.05. The number of carbonyl (C=O) groups is 4. The molecule has 0 unspecified atom stereocenters. The summed E-state index contributed by atoms with van der Waals surface area (Å²) in [5.74, 6) is -1.45. The summed E-state index contributed by atoms with van der Waals surface area (Å²) < 4.78 is 5.14. The van der Waals surface area contributed by atoms with Gasteiger partial charge in [-0.05, 0) is 43.7 Å². The molecule has 0 bridgehead atoms. The van der Waals surface area contributed by atoms with Gasteiger partial charge in [0.2, 0.25) is 0 Å². The van der Waals surface area contributed by atoms with Crippen molar-refractivity contribution in [2.75, 3.05) is 18.1 Å². The van der Waals surface area contributed by atoms with Crippen LogP contribution in [0, 0.1) is 5.92 Å². The number of carbonyl (C=O) groups excluding carboxylic acids is 4. The molecule has 8 heteroatoms. The summed E-state index contributed by atoms with van der Waals surface area (Å²) in [4.78, 5) is 52.8. The third-order valence-electron chi connectivity index (χ3n) is 6.62. The molecule has 1 saturated carbocycles. The lowest BCUT2D eigenvalue weighted by molar-refractivity contribution is -0.151. The fourth-order valence-corrected chi connectivity index (χ4v) is 4.97. The first kappa shape index (κ1) is 20.4. The Bertz CT molecular complexity index is 901. The highest BCUT2D eigenvalue weighted by atomic mass is 16.5. The van der Waals surface area contributed by atoms with Crippen molar-refractivity contribution in [3.63, 3.8) is 0 Å². The van der Waals surface area contributed by atoms with Crippen LogP contribution in [0.25, 0.3) is 0 Å². The minimum absolute atomic E-state index is 0.0158. The molecule has 8 nitrogen and oxygen atoms in total. The average Bonchev–Trinajstić information content (AvgIpc) is 3.17. The summed E-state index contributed by atoms with van der Waals surface area (Å²) in [7, 11) is 0. The number of ether oxygens (including phenoxy) is 1. The molecule has 1 saturated heterocycles. The van der Waals surface area contributed by atoms with Crippen molar-refractivity contribution in [1.82, 2.24) is 10.2 Å². The molecule has 1 spiro atoms. The molecule has 160 valence electrons. The number of hydrogen-bond acceptors (Lipinski definition) is 5. The van der Waals surface area contributed by atoms with Gasteiger partial charge in [0, 0.05) is 11.7 Å². The number of nitrogens with one attached hydrogen (secondary N) is 1. The Balaban J connectivity index is 1.36. The highest BCUT2D eigenvalue weighted by Gasteiger charge is 2.55. The number of para-hydroxylation sites is 1. The Kier molecular flexibility index (Phi) is 5.26. The number of esters is 1. The molecule has 1 aliphatic carbocycles. The summed E-state index contributed by atoms with van der Waals surface area (Å²) in [5.41, 5.74) is 0.990. The van der Waals surface area contributed by atoms with Crippen LogP contribution in [0.2, 0.25) is 0 Å². The molecule has 3 aliphatic rings. The Morgan fingerprint density at radius 3 is 2.73 bits per heavy atom. The minimum Gasteiger partial charge on any atom is -0.454 e. The van der Waals surface area contributed by atoms with Crippen LogP contribution in [0.4, 0.5) is 10.5 Å². The van der Waals surface area contributed by atoms with Gasteiger partial charge in [-0.3, -0.25) is 19.3 Å². The molecule has 2 aliphatic heterocycles. The zero-order valence-electron chi connectivity index (χ0n) is 17.3. The second-order valence-electron chi connectivity index (χ2n) is 8.55. The lowest BCUT2D eigenvalue weighted by atomic mass is 9.73. The quantitative estimate of drug-likeness (QED) is 0.602. The van der Waals surface area contributed by atoms with Crippen LogP contribution in [0.15, 0.2) is 24.3 Å². The Morgan fingerprint density at radius 2 is 1.97 bits per heavy atom. The maximum Gasteiger partial charge on any atom is 0.326 e. The number of anilines is 1. The number of hydrogen-bond donors (Lipinski definition) is 1. The van der Waals surface area contributed by atoms with Gasteiger partial charge in [0.1, 0.15) is 12.1 Å². The number of benzene rings is 1. The summed E-state index contributed by atoms with van der Waals surface area (Å²) >= 11 is 0. The second-order valence-corrected chi connectivity index (χ2v) is 8.55. The van der Waals surface area contributed by atoms with E-state index in [-0.39, 0.29) is 23.8 Å². The molecule has 1 aromatic rings. The Hall–Kier alpha value is -2.90. The minimum atomic E-state index is -0.917. The van der Waals surface area contributed by atoms with Gasteiger partial charge in [0.25, 0.3) is 11.8 Å². The van der Waals surface area contributed by atoms with E-state index in [9.17, 15) is 19.2 Å². The molecular formula is C22H27N3O5. The molecule has 30 heavy (non-hydrogen) atoms. The molecule has 1 aromatic carbocycles. The first-order valence-electron chi connectivity index (χ1n) is 10.5. The lowest BCUT2D eigenvalue weighted by Gasteiger charge is -2.36. The fourth-order valence-electron chi connectivity index (χ4n) is 4.97. The number of amides is 4. The number of nitrogens with zero attached hydrogens (tertiary/aromatic N) is 2. The van der Waals surface area contributed by atoms with Crippen molar-refractivity contribution >= 4 is 29.5 Å². The van der Waals surface area contributed by atoms with E-state index in [1.54, 1.807) is 4.90 Å². The summed E-state index contributed by atoms with van der Waals surface area (Å²) in [5, 5.41) is 2.81. The number of fused-ring (bicyclic) bond motifs is 1. The smallest absolute Gasteiger partial charge is 0.326 e. The predicted octanol–water partition coefficient (Wildman–Crippen LogP) is 2.01. The van der Waals surface area contributed by atoms with Gasteiger partial charge in [-0.15, -0.1) is 0 Å². The zero-order valence-corrected chi connectivity index (χ0v) is 17.3. The van der Waals surface area contributed by atoms with E-state index in [1.807, 2.05) is 38.1 Å². The van der Waals surface area contributed by atoms with Crippen molar-refractivity contribution in [3.05, 3.63) is 29.8 Å². The highest BCUT2D eigenvalue weighted by molar-refractivity contribution is 6.09. The first-order chi connectivity index (χ1) is 14.3. The molecule has 0 aromatic heterocycles. The molecule has 2 fully saturated rings. The fraction of sp³-hybridized carbons (Fsp3) is 0.545. The Labute approximate surface area is 175 Å². The van der Waals surface area contributed by atoms with Crippen molar-refractivity contribution in [2.24, 2.45) is 5.92 Å². The third kappa shape index (κ3) is 3.34. The molecule has 2 heterocycles. The van der Waals surface area contributed by atoms with Crippen LogP contribution in [-0.2, 0) is 25.5 Å². The normalized spacial score (nSPS) is 27.9. The molecule has 0 radical (unpaired) electrons. The largest absolute Gasteiger partial charge is 0.454 e. The van der Waals surface area contributed by atoms with Gasteiger partial charge in [0.05, 0.1) is 0 Å². The van der Waals surface area contributed by atoms with Crippen molar-refractivity contribution in [3.8, 4) is 0 Å². The van der Waals surface area contributed by atoms with Crippen LogP contribution >= 0.6 is 0 Å². The van der Waals surface area contributed by atoms with Gasteiger partial charge < -0.3 is 15.0 Å². The maximum absolute atomic E-state index is 12.9. The third-order valence-corrected chi connectivity index (χ3v) is 6.62. The van der Waals surface area contributed by atoms with Crippen molar-refractivity contribution < 1.29 is 23.9 Å². The molecule has 4 amide bonds. The lowest BCUT2D eigenvalue weighted by Crippen LogP contribution is -2.54. The number of imide groups is 1. The Morgan fingerprint density at radius 1 is 1.20 bits per heavy atom. The monoisotopic (exact) mass is 413 g/mol. The van der Waals surface area contributed by atoms with Gasteiger partial charge in [-0.25, -0.2) is 4.79 Å². The standard InChI is InChI=1S/C22H27N3O5/c1-14-7-5-6-10-22(14)20(28)24(21(29)23-22)12-19(27)30-13-18(26)25-15(2)11-16-8-3-4-9-17(16)25/h3-4,8-9,14-15H,5-7,10-13H2,1-2H3,(H,23,29)/t14-,15-,22-/m0/s1. The highest BCUT2D eigenvalue weighted by Crippen LogP contribution is 2.38. The first-order valence-corrected chi connectivity index (χ1v) is 10.5. The van der Waals surface area contributed by atoms with Gasteiger partial charge >= 0.3 is 12.0 Å². The van der Waals surface area contributed by atoms with Crippen LogP contribution in [0.5, 0.6) is 0 Å². The van der Waals surface area contributed by atoms with Gasteiger partial charge in [0.15, 0.2) is 6.61 Å². The van der Waals surface area contributed by atoms with E-state index < -0.39 is 30.7 Å². The topological polar surface area (TPSA) is 96.0 Å².